The summed E-state index contributed by atoms with van der Waals surface area (Å²) in [6, 6.07) is 22.9. The highest BCUT2D eigenvalue weighted by molar-refractivity contribution is 6.30. The fourth-order valence-corrected chi connectivity index (χ4v) is 5.57. The Hall–Kier alpha value is -3.36. The fraction of sp³-hybridized carbons (Fsp3) is 0.219. The third kappa shape index (κ3) is 4.90. The molecule has 0 spiro atoms. The van der Waals surface area contributed by atoms with Gasteiger partial charge < -0.3 is 0 Å². The second-order valence-corrected chi connectivity index (χ2v) is 10.1. The predicted molar refractivity (Wildman–Crippen MR) is 150 cm³/mol. The largest absolute Gasteiger partial charge is 0.280 e. The summed E-state index contributed by atoms with van der Waals surface area (Å²) >= 11 is 6.42. The van der Waals surface area contributed by atoms with E-state index in [0.29, 0.717) is 5.02 Å². The molecule has 0 atom stereocenters. The SMILES string of the molecule is CC(=O)N(c1ccc(-c2c(C)cc(C)cc2C)cc1-c1cccc(Cl)c1)c1c(C)cc(C)cc1C. The lowest BCUT2D eigenvalue weighted by Gasteiger charge is -2.28. The first-order valence-corrected chi connectivity index (χ1v) is 12.3. The van der Waals surface area contributed by atoms with Gasteiger partial charge in [-0.1, -0.05) is 65.2 Å². The number of aryl methyl sites for hydroxylation is 6. The molecule has 3 heteroatoms. The molecule has 0 saturated heterocycles. The van der Waals surface area contributed by atoms with Crippen LogP contribution in [-0.4, -0.2) is 5.91 Å². The monoisotopic (exact) mass is 481 g/mol. The lowest BCUT2D eigenvalue weighted by molar-refractivity contribution is -0.115. The first-order valence-electron chi connectivity index (χ1n) is 11.9. The molecule has 1 amide bonds. The number of carbonyl (C=O) groups excluding carboxylic acids is 1. The van der Waals surface area contributed by atoms with Gasteiger partial charge in [0.15, 0.2) is 0 Å². The van der Waals surface area contributed by atoms with E-state index in [1.54, 1.807) is 6.92 Å². The molecule has 0 radical (unpaired) electrons. The fourth-order valence-electron chi connectivity index (χ4n) is 5.38. The molecule has 0 aliphatic heterocycles. The first kappa shape index (κ1) is 24.8. The Morgan fingerprint density at radius 3 is 1.80 bits per heavy atom. The highest BCUT2D eigenvalue weighted by Crippen LogP contribution is 2.42. The normalized spacial score (nSPS) is 11.0. The number of hydrogen-bond acceptors (Lipinski definition) is 1. The van der Waals surface area contributed by atoms with Crippen molar-refractivity contribution in [1.82, 2.24) is 0 Å². The maximum absolute atomic E-state index is 13.2. The van der Waals surface area contributed by atoms with Crippen LogP contribution in [0.5, 0.6) is 0 Å². The van der Waals surface area contributed by atoms with Gasteiger partial charge in [0, 0.05) is 17.5 Å². The van der Waals surface area contributed by atoms with Gasteiger partial charge in [0.25, 0.3) is 0 Å². The zero-order chi connectivity index (χ0) is 25.4. The summed E-state index contributed by atoms with van der Waals surface area (Å²) in [5, 5.41) is 0.665. The molecule has 0 N–H and O–H groups in total. The van der Waals surface area contributed by atoms with E-state index in [1.807, 2.05) is 23.1 Å². The molecule has 2 nitrogen and oxygen atoms in total. The van der Waals surface area contributed by atoms with Crippen molar-refractivity contribution >= 4 is 28.9 Å². The molecule has 0 unspecified atom stereocenters. The number of nitrogens with zero attached hydrogens (tertiary/aromatic N) is 1. The Balaban J connectivity index is 2.03. The summed E-state index contributed by atoms with van der Waals surface area (Å²) in [7, 11) is 0. The third-order valence-electron chi connectivity index (χ3n) is 6.51. The van der Waals surface area contributed by atoms with Crippen molar-refractivity contribution in [1.29, 1.82) is 0 Å². The third-order valence-corrected chi connectivity index (χ3v) is 6.75. The van der Waals surface area contributed by atoms with Crippen LogP contribution in [0.25, 0.3) is 22.3 Å². The van der Waals surface area contributed by atoms with Crippen LogP contribution in [0.1, 0.15) is 40.3 Å². The minimum absolute atomic E-state index is 0.0289. The van der Waals surface area contributed by atoms with E-state index in [-0.39, 0.29) is 5.91 Å². The van der Waals surface area contributed by atoms with E-state index >= 15 is 0 Å². The van der Waals surface area contributed by atoms with Gasteiger partial charge >= 0.3 is 0 Å². The van der Waals surface area contributed by atoms with Crippen LogP contribution in [0.15, 0.2) is 66.7 Å². The van der Waals surface area contributed by atoms with E-state index in [0.717, 1.165) is 39.2 Å². The van der Waals surface area contributed by atoms with Gasteiger partial charge in [-0.25, -0.2) is 0 Å². The second-order valence-electron chi connectivity index (χ2n) is 9.62. The van der Waals surface area contributed by atoms with Crippen molar-refractivity contribution in [2.45, 2.75) is 48.5 Å². The summed E-state index contributed by atoms with van der Waals surface area (Å²) in [6.07, 6.45) is 0. The van der Waals surface area contributed by atoms with E-state index in [2.05, 4.69) is 90.1 Å². The van der Waals surface area contributed by atoms with Gasteiger partial charge in [0.1, 0.15) is 0 Å². The Kier molecular flexibility index (Phi) is 6.87. The van der Waals surface area contributed by atoms with Crippen LogP contribution in [0.4, 0.5) is 11.4 Å². The van der Waals surface area contributed by atoms with Crippen LogP contribution in [-0.2, 0) is 4.79 Å². The summed E-state index contributed by atoms with van der Waals surface area (Å²) < 4.78 is 0. The molecule has 0 aliphatic rings. The van der Waals surface area contributed by atoms with Crippen LogP contribution >= 0.6 is 11.6 Å². The minimum Gasteiger partial charge on any atom is -0.280 e. The highest BCUT2D eigenvalue weighted by Gasteiger charge is 2.23. The average molecular weight is 482 g/mol. The molecule has 0 fully saturated rings. The molecule has 178 valence electrons. The molecule has 0 bridgehead atoms. The molecule has 0 saturated carbocycles. The van der Waals surface area contributed by atoms with Crippen LogP contribution in [0.3, 0.4) is 0 Å². The number of hydrogen-bond donors (Lipinski definition) is 0. The molecule has 4 aromatic carbocycles. The minimum atomic E-state index is -0.0289. The van der Waals surface area contributed by atoms with E-state index in [1.165, 1.54) is 27.8 Å². The molecule has 0 aliphatic carbocycles. The standard InChI is InChI=1S/C32H32ClNO/c1-19-13-21(3)31(22(4)14-19)27-11-12-30(29(18-27)26-9-8-10-28(33)17-26)34(25(7)35)32-23(5)15-20(2)16-24(32)6/h8-18H,1-7H3. The lowest BCUT2D eigenvalue weighted by Crippen LogP contribution is -2.25. The molecular weight excluding hydrogens is 450 g/mol. The van der Waals surface area contributed by atoms with E-state index in [9.17, 15) is 4.79 Å². The van der Waals surface area contributed by atoms with Crippen molar-refractivity contribution in [3.8, 4) is 22.3 Å². The van der Waals surface area contributed by atoms with Crippen LogP contribution < -0.4 is 4.90 Å². The summed E-state index contributed by atoms with van der Waals surface area (Å²) in [5.74, 6) is -0.0289. The van der Waals surface area contributed by atoms with E-state index in [4.69, 9.17) is 11.6 Å². The molecule has 0 heterocycles. The average Bonchev–Trinajstić information content (AvgIpc) is 2.75. The van der Waals surface area contributed by atoms with Crippen molar-refractivity contribution in [2.24, 2.45) is 0 Å². The molecule has 4 aromatic rings. The number of anilines is 2. The molecular formula is C32H32ClNO. The Morgan fingerprint density at radius 2 is 1.26 bits per heavy atom. The van der Waals surface area contributed by atoms with Crippen molar-refractivity contribution in [3.05, 3.63) is 105 Å². The van der Waals surface area contributed by atoms with Gasteiger partial charge in [-0.2, -0.15) is 0 Å². The smallest absolute Gasteiger partial charge is 0.228 e. The Bertz CT molecular complexity index is 1400. The number of amides is 1. The van der Waals surface area contributed by atoms with Gasteiger partial charge in [-0.3, -0.25) is 9.69 Å². The zero-order valence-corrected chi connectivity index (χ0v) is 22.3. The molecule has 0 aromatic heterocycles. The Labute approximate surface area is 214 Å². The quantitative estimate of drug-likeness (QED) is 0.284. The number of carbonyl (C=O) groups is 1. The van der Waals surface area contributed by atoms with Crippen LogP contribution in [0, 0.1) is 41.5 Å². The van der Waals surface area contributed by atoms with Gasteiger partial charge in [0.05, 0.1) is 11.4 Å². The maximum atomic E-state index is 13.2. The lowest BCUT2D eigenvalue weighted by atomic mass is 9.90. The first-order chi connectivity index (χ1) is 16.6. The summed E-state index contributed by atoms with van der Waals surface area (Å²) in [4.78, 5) is 15.0. The topological polar surface area (TPSA) is 20.3 Å². The van der Waals surface area contributed by atoms with Crippen molar-refractivity contribution in [2.75, 3.05) is 4.90 Å². The van der Waals surface area contributed by atoms with Crippen molar-refractivity contribution < 1.29 is 4.79 Å². The molecule has 35 heavy (non-hydrogen) atoms. The maximum Gasteiger partial charge on any atom is 0.228 e. The van der Waals surface area contributed by atoms with Gasteiger partial charge in [0.2, 0.25) is 5.91 Å². The number of halogens is 1. The predicted octanol–water partition coefficient (Wildman–Crippen LogP) is 9.21. The van der Waals surface area contributed by atoms with Crippen LogP contribution in [0.2, 0.25) is 5.02 Å². The second kappa shape index (κ2) is 9.71. The zero-order valence-electron chi connectivity index (χ0n) is 21.6. The number of benzene rings is 4. The van der Waals surface area contributed by atoms with E-state index < -0.39 is 0 Å². The van der Waals surface area contributed by atoms with Crippen molar-refractivity contribution in [3.63, 3.8) is 0 Å². The van der Waals surface area contributed by atoms with Gasteiger partial charge in [-0.05, 0) is 105 Å². The van der Waals surface area contributed by atoms with Gasteiger partial charge in [-0.15, -0.1) is 0 Å². The Morgan fingerprint density at radius 1 is 0.686 bits per heavy atom. The summed E-state index contributed by atoms with van der Waals surface area (Å²) in [6.45, 7) is 14.3. The summed E-state index contributed by atoms with van der Waals surface area (Å²) in [5.41, 5.74) is 13.1. The molecule has 4 rings (SSSR count). The highest BCUT2D eigenvalue weighted by atomic mass is 35.5. The number of rotatable bonds is 4.